The Kier molecular flexibility index (Phi) is 3.41. The highest BCUT2D eigenvalue weighted by Crippen LogP contribution is 2.16. The molecule has 0 heterocycles. The summed E-state index contributed by atoms with van der Waals surface area (Å²) < 4.78 is 38.6. The van der Waals surface area contributed by atoms with Crippen LogP contribution in [-0.2, 0) is 0 Å². The maximum Gasteiger partial charge on any atom is 0.255 e. The zero-order valence-corrected chi connectivity index (χ0v) is 9.58. The van der Waals surface area contributed by atoms with Crippen molar-refractivity contribution in [2.75, 3.05) is 11.1 Å². The van der Waals surface area contributed by atoms with Gasteiger partial charge in [-0.2, -0.15) is 0 Å². The molecule has 0 bridgehead atoms. The molecule has 98 valence electrons. The molecule has 0 saturated heterocycles. The lowest BCUT2D eigenvalue weighted by Crippen LogP contribution is -2.12. The van der Waals surface area contributed by atoms with Crippen LogP contribution in [0.4, 0.5) is 24.5 Å². The van der Waals surface area contributed by atoms with Crippen LogP contribution >= 0.6 is 0 Å². The first-order valence-corrected chi connectivity index (χ1v) is 5.29. The number of nitrogens with two attached hydrogens (primary N) is 1. The summed E-state index contributed by atoms with van der Waals surface area (Å²) in [5.74, 6) is -3.32. The van der Waals surface area contributed by atoms with Crippen molar-refractivity contribution < 1.29 is 18.0 Å². The molecule has 0 radical (unpaired) electrons. The summed E-state index contributed by atoms with van der Waals surface area (Å²) in [5.41, 5.74) is 5.37. The van der Waals surface area contributed by atoms with E-state index in [1.54, 1.807) is 0 Å². The van der Waals surface area contributed by atoms with E-state index in [0.29, 0.717) is 0 Å². The highest BCUT2D eigenvalue weighted by molar-refractivity contribution is 6.04. The Morgan fingerprint density at radius 2 is 1.63 bits per heavy atom. The lowest BCUT2D eigenvalue weighted by atomic mass is 10.1. The minimum absolute atomic E-state index is 0.0896. The van der Waals surface area contributed by atoms with Gasteiger partial charge in [-0.15, -0.1) is 0 Å². The summed E-state index contributed by atoms with van der Waals surface area (Å²) in [7, 11) is 0. The van der Waals surface area contributed by atoms with Gasteiger partial charge in [0.05, 0.1) is 5.69 Å². The number of nitrogens with one attached hydrogen (secondary N) is 1. The van der Waals surface area contributed by atoms with Crippen molar-refractivity contribution in [1.29, 1.82) is 0 Å². The van der Waals surface area contributed by atoms with Crippen LogP contribution in [0.25, 0.3) is 0 Å². The van der Waals surface area contributed by atoms with E-state index in [1.165, 1.54) is 12.1 Å². The summed E-state index contributed by atoms with van der Waals surface area (Å²) in [6.07, 6.45) is 0. The van der Waals surface area contributed by atoms with E-state index >= 15 is 0 Å². The number of benzene rings is 2. The molecule has 19 heavy (non-hydrogen) atoms. The SMILES string of the molecule is Nc1cc(C(=O)Nc2ccc(F)c(F)c2)ccc1F. The molecule has 0 aliphatic rings. The second kappa shape index (κ2) is 5.01. The Labute approximate surface area is 106 Å². The molecule has 0 unspecified atom stereocenters. The van der Waals surface area contributed by atoms with Gasteiger partial charge >= 0.3 is 0 Å². The van der Waals surface area contributed by atoms with E-state index in [0.717, 1.165) is 24.3 Å². The Bertz CT molecular complexity index is 644. The quantitative estimate of drug-likeness (QED) is 0.821. The van der Waals surface area contributed by atoms with Crippen LogP contribution in [0.1, 0.15) is 10.4 Å². The number of halogens is 3. The van der Waals surface area contributed by atoms with Crippen molar-refractivity contribution in [2.24, 2.45) is 0 Å². The van der Waals surface area contributed by atoms with E-state index in [1.807, 2.05) is 0 Å². The molecule has 3 nitrogen and oxygen atoms in total. The molecule has 0 aliphatic heterocycles. The van der Waals surface area contributed by atoms with Gasteiger partial charge < -0.3 is 11.1 Å². The summed E-state index contributed by atoms with van der Waals surface area (Å²) in [5, 5.41) is 2.35. The second-order valence-corrected chi connectivity index (χ2v) is 3.82. The van der Waals surface area contributed by atoms with Crippen molar-refractivity contribution in [2.45, 2.75) is 0 Å². The zero-order valence-electron chi connectivity index (χ0n) is 9.58. The number of amides is 1. The molecular weight excluding hydrogens is 257 g/mol. The Hall–Kier alpha value is -2.50. The molecule has 0 saturated carbocycles. The minimum Gasteiger partial charge on any atom is -0.396 e. The molecule has 0 fully saturated rings. The molecular formula is C13H9F3N2O. The maximum absolute atomic E-state index is 13.0. The zero-order chi connectivity index (χ0) is 14.0. The van der Waals surface area contributed by atoms with Crippen LogP contribution in [0.5, 0.6) is 0 Å². The first kappa shape index (κ1) is 12.9. The average molecular weight is 266 g/mol. The molecule has 0 aliphatic carbocycles. The van der Waals surface area contributed by atoms with Crippen LogP contribution in [0.3, 0.4) is 0 Å². The third kappa shape index (κ3) is 2.85. The van der Waals surface area contributed by atoms with Crippen molar-refractivity contribution in [3.63, 3.8) is 0 Å². The number of anilines is 2. The highest BCUT2D eigenvalue weighted by Gasteiger charge is 2.10. The van der Waals surface area contributed by atoms with E-state index in [4.69, 9.17) is 5.73 Å². The van der Waals surface area contributed by atoms with Gasteiger partial charge in [0.1, 0.15) is 5.82 Å². The average Bonchev–Trinajstić information content (AvgIpc) is 2.37. The van der Waals surface area contributed by atoms with Crippen LogP contribution in [0, 0.1) is 17.5 Å². The maximum atomic E-state index is 13.0. The van der Waals surface area contributed by atoms with Crippen LogP contribution in [0.2, 0.25) is 0 Å². The van der Waals surface area contributed by atoms with Crippen LogP contribution in [0.15, 0.2) is 36.4 Å². The topological polar surface area (TPSA) is 55.1 Å². The standard InChI is InChI=1S/C13H9F3N2O/c14-9-4-2-8(6-11(9)16)18-13(19)7-1-3-10(15)12(17)5-7/h1-6H,17H2,(H,18,19). The normalized spacial score (nSPS) is 10.3. The summed E-state index contributed by atoms with van der Waals surface area (Å²) in [6.45, 7) is 0. The fourth-order valence-corrected chi connectivity index (χ4v) is 1.46. The van der Waals surface area contributed by atoms with E-state index < -0.39 is 23.4 Å². The third-order valence-electron chi connectivity index (χ3n) is 2.44. The molecule has 2 aromatic carbocycles. The largest absolute Gasteiger partial charge is 0.396 e. The fraction of sp³-hybridized carbons (Fsp3) is 0. The summed E-state index contributed by atoms with van der Waals surface area (Å²) >= 11 is 0. The summed E-state index contributed by atoms with van der Waals surface area (Å²) in [6, 6.07) is 6.40. The smallest absolute Gasteiger partial charge is 0.255 e. The van der Waals surface area contributed by atoms with Gasteiger partial charge in [-0.05, 0) is 30.3 Å². The van der Waals surface area contributed by atoms with E-state index in [2.05, 4.69) is 5.32 Å². The van der Waals surface area contributed by atoms with Gasteiger partial charge in [0, 0.05) is 17.3 Å². The molecule has 0 spiro atoms. The van der Waals surface area contributed by atoms with Crippen LogP contribution < -0.4 is 11.1 Å². The number of hydrogen-bond donors (Lipinski definition) is 2. The predicted molar refractivity (Wildman–Crippen MR) is 65.1 cm³/mol. The molecule has 2 aromatic rings. The number of carbonyl (C=O) groups is 1. The van der Waals surface area contributed by atoms with Gasteiger partial charge in [0.25, 0.3) is 5.91 Å². The number of carbonyl (C=O) groups excluding carboxylic acids is 1. The lowest BCUT2D eigenvalue weighted by Gasteiger charge is -2.06. The Morgan fingerprint density at radius 3 is 2.26 bits per heavy atom. The van der Waals surface area contributed by atoms with Crippen LogP contribution in [-0.4, -0.2) is 5.91 Å². The number of nitrogen functional groups attached to an aromatic ring is 1. The van der Waals surface area contributed by atoms with E-state index in [-0.39, 0.29) is 16.9 Å². The molecule has 0 atom stereocenters. The highest BCUT2D eigenvalue weighted by atomic mass is 19.2. The predicted octanol–water partition coefficient (Wildman–Crippen LogP) is 2.94. The van der Waals surface area contributed by atoms with Crippen molar-refractivity contribution in [1.82, 2.24) is 0 Å². The molecule has 3 N–H and O–H groups in total. The van der Waals surface area contributed by atoms with Gasteiger partial charge in [0.15, 0.2) is 11.6 Å². The molecule has 2 rings (SSSR count). The number of hydrogen-bond acceptors (Lipinski definition) is 2. The Balaban J connectivity index is 2.20. The van der Waals surface area contributed by atoms with Gasteiger partial charge in [-0.3, -0.25) is 4.79 Å². The molecule has 0 aromatic heterocycles. The first-order valence-electron chi connectivity index (χ1n) is 5.29. The van der Waals surface area contributed by atoms with Gasteiger partial charge in [-0.25, -0.2) is 13.2 Å². The summed E-state index contributed by atoms with van der Waals surface area (Å²) in [4.78, 5) is 11.8. The third-order valence-corrected chi connectivity index (χ3v) is 2.44. The lowest BCUT2D eigenvalue weighted by molar-refractivity contribution is 0.102. The van der Waals surface area contributed by atoms with Gasteiger partial charge in [0.2, 0.25) is 0 Å². The van der Waals surface area contributed by atoms with Gasteiger partial charge in [-0.1, -0.05) is 0 Å². The van der Waals surface area contributed by atoms with Crippen molar-refractivity contribution in [3.8, 4) is 0 Å². The molecule has 1 amide bonds. The molecule has 6 heteroatoms. The second-order valence-electron chi connectivity index (χ2n) is 3.82. The fourth-order valence-electron chi connectivity index (χ4n) is 1.46. The van der Waals surface area contributed by atoms with E-state index in [9.17, 15) is 18.0 Å². The number of rotatable bonds is 2. The monoisotopic (exact) mass is 266 g/mol. The van der Waals surface area contributed by atoms with Crippen molar-refractivity contribution >= 4 is 17.3 Å². The minimum atomic E-state index is -1.07. The van der Waals surface area contributed by atoms with Crippen molar-refractivity contribution in [3.05, 3.63) is 59.4 Å². The Morgan fingerprint density at radius 1 is 0.947 bits per heavy atom. The first-order chi connectivity index (χ1) is 8.97.